The van der Waals surface area contributed by atoms with E-state index in [0.717, 1.165) is 4.90 Å². The molecule has 1 aromatic rings. The maximum Gasteiger partial charge on any atom is 0.707 e. The van der Waals surface area contributed by atoms with E-state index in [9.17, 15) is 0 Å². The average molecular weight is 184 g/mol. The van der Waals surface area contributed by atoms with Gasteiger partial charge < -0.3 is 14.7 Å². The molecule has 0 unspecified atom stereocenters. The van der Waals surface area contributed by atoms with Gasteiger partial charge in [-0.3, -0.25) is 0 Å². The zero-order valence-electron chi connectivity index (χ0n) is 6.60. The highest BCUT2D eigenvalue weighted by atomic mass is 32.2. The van der Waals surface area contributed by atoms with E-state index in [1.807, 2.05) is 12.3 Å². The van der Waals surface area contributed by atoms with Gasteiger partial charge in [-0.15, -0.1) is 11.8 Å². The zero-order chi connectivity index (χ0) is 8.97. The molecule has 0 aliphatic rings. The molecule has 3 nitrogen and oxygen atoms in total. The summed E-state index contributed by atoms with van der Waals surface area (Å²) in [5.41, 5.74) is 0. The number of thioether (sulfide) groups is 1. The second kappa shape index (κ2) is 4.40. The van der Waals surface area contributed by atoms with Crippen LogP contribution >= 0.6 is 11.8 Å². The fourth-order valence-corrected chi connectivity index (χ4v) is 1.24. The van der Waals surface area contributed by atoms with Crippen molar-refractivity contribution < 1.29 is 14.7 Å². The molecule has 0 amide bonds. The largest absolute Gasteiger partial charge is 0.707 e. The third-order valence-electron chi connectivity index (χ3n) is 1.28. The van der Waals surface area contributed by atoms with Crippen molar-refractivity contribution in [3.8, 4) is 5.75 Å². The highest BCUT2D eigenvalue weighted by Gasteiger charge is 2.10. The van der Waals surface area contributed by atoms with E-state index in [1.54, 1.807) is 30.0 Å². The second-order valence-corrected chi connectivity index (χ2v) is 3.00. The third-order valence-corrected chi connectivity index (χ3v) is 2.01. The molecular weight excluding hydrogens is 175 g/mol. The van der Waals surface area contributed by atoms with E-state index in [4.69, 9.17) is 10.0 Å². The Balaban J connectivity index is 2.72. The lowest BCUT2D eigenvalue weighted by Gasteiger charge is -2.04. The highest BCUT2D eigenvalue weighted by Crippen LogP contribution is 2.20. The molecule has 1 aromatic carbocycles. The molecule has 0 heterocycles. The lowest BCUT2D eigenvalue weighted by molar-refractivity contribution is 0.288. The molecule has 0 aliphatic carbocycles. The Morgan fingerprint density at radius 2 is 2.17 bits per heavy atom. The van der Waals surface area contributed by atoms with Crippen molar-refractivity contribution in [3.05, 3.63) is 24.3 Å². The van der Waals surface area contributed by atoms with Crippen LogP contribution in [0.25, 0.3) is 0 Å². The fraction of sp³-hybridized carbons (Fsp3) is 0.143. The van der Waals surface area contributed by atoms with Gasteiger partial charge in [-0.05, 0) is 24.5 Å². The number of hydrogen-bond donors (Lipinski definition) is 2. The molecule has 0 bridgehead atoms. The fourth-order valence-electron chi connectivity index (χ4n) is 0.796. The molecule has 5 heteroatoms. The van der Waals surface area contributed by atoms with Crippen LogP contribution in [0.2, 0.25) is 0 Å². The number of rotatable bonds is 3. The van der Waals surface area contributed by atoms with Crippen molar-refractivity contribution in [3.63, 3.8) is 0 Å². The molecule has 64 valence electrons. The van der Waals surface area contributed by atoms with Crippen LogP contribution in [0.3, 0.4) is 0 Å². The smallest absolute Gasteiger partial charge is 0.512 e. The maximum atomic E-state index is 8.50. The Hall–Kier alpha value is -0.645. The van der Waals surface area contributed by atoms with Crippen molar-refractivity contribution in [2.45, 2.75) is 4.90 Å². The van der Waals surface area contributed by atoms with Gasteiger partial charge in [0.15, 0.2) is 0 Å². The first-order valence-corrected chi connectivity index (χ1v) is 4.61. The SMILES string of the molecule is CSc1cccc(OB(O)O)c1. The quantitative estimate of drug-likeness (QED) is 0.537. The van der Waals surface area contributed by atoms with Gasteiger partial charge in [-0.25, -0.2) is 0 Å². The summed E-state index contributed by atoms with van der Waals surface area (Å²) in [6.45, 7) is 0. The molecule has 0 fully saturated rings. The summed E-state index contributed by atoms with van der Waals surface area (Å²) in [4.78, 5) is 1.02. The zero-order valence-corrected chi connectivity index (χ0v) is 7.41. The molecule has 0 saturated heterocycles. The van der Waals surface area contributed by atoms with Gasteiger partial charge in [0.2, 0.25) is 0 Å². The summed E-state index contributed by atoms with van der Waals surface area (Å²) in [5.74, 6) is 0.455. The van der Waals surface area contributed by atoms with Crippen LogP contribution in [0.5, 0.6) is 5.75 Å². The van der Waals surface area contributed by atoms with Crippen molar-refractivity contribution >= 4 is 19.1 Å². The van der Waals surface area contributed by atoms with Crippen LogP contribution in [0.1, 0.15) is 0 Å². The van der Waals surface area contributed by atoms with Gasteiger partial charge in [-0.2, -0.15) is 0 Å². The van der Waals surface area contributed by atoms with Crippen LogP contribution < -0.4 is 4.65 Å². The van der Waals surface area contributed by atoms with Crippen molar-refractivity contribution in [2.75, 3.05) is 6.26 Å². The second-order valence-electron chi connectivity index (χ2n) is 2.12. The number of hydrogen-bond acceptors (Lipinski definition) is 4. The molecule has 0 spiro atoms. The molecule has 12 heavy (non-hydrogen) atoms. The van der Waals surface area contributed by atoms with E-state index < -0.39 is 7.32 Å². The summed E-state index contributed by atoms with van der Waals surface area (Å²) in [7, 11) is -1.75. The molecule has 0 aliphatic heterocycles. The minimum absolute atomic E-state index is 0.455. The summed E-state index contributed by atoms with van der Waals surface area (Å²) in [6.07, 6.45) is 1.94. The topological polar surface area (TPSA) is 49.7 Å². The molecule has 1 rings (SSSR count). The van der Waals surface area contributed by atoms with Gasteiger partial charge >= 0.3 is 7.32 Å². The van der Waals surface area contributed by atoms with E-state index in [-0.39, 0.29) is 0 Å². The summed E-state index contributed by atoms with van der Waals surface area (Å²) in [6, 6.07) is 7.12. The molecule has 0 radical (unpaired) electrons. The van der Waals surface area contributed by atoms with Crippen LogP contribution in [0.4, 0.5) is 0 Å². The van der Waals surface area contributed by atoms with Gasteiger partial charge in [0.1, 0.15) is 5.75 Å². The third kappa shape index (κ3) is 2.77. The van der Waals surface area contributed by atoms with Gasteiger partial charge in [0, 0.05) is 4.90 Å². The molecular formula is C7H9BO3S. The van der Waals surface area contributed by atoms with Gasteiger partial charge in [0.05, 0.1) is 0 Å². The first-order valence-electron chi connectivity index (χ1n) is 3.39. The predicted octanol–water partition coefficient (Wildman–Crippen LogP) is 0.757. The van der Waals surface area contributed by atoms with Crippen LogP contribution in [0, 0.1) is 0 Å². The molecule has 0 aromatic heterocycles. The van der Waals surface area contributed by atoms with Crippen molar-refractivity contribution in [1.29, 1.82) is 0 Å². The van der Waals surface area contributed by atoms with Gasteiger partial charge in [-0.1, -0.05) is 6.07 Å². The molecule has 0 saturated carbocycles. The van der Waals surface area contributed by atoms with Crippen molar-refractivity contribution in [1.82, 2.24) is 0 Å². The van der Waals surface area contributed by atoms with E-state index in [2.05, 4.69) is 4.65 Å². The average Bonchev–Trinajstić information content (AvgIpc) is 2.03. The summed E-state index contributed by atoms with van der Waals surface area (Å²) >= 11 is 1.57. The maximum absolute atomic E-state index is 8.50. The minimum Gasteiger partial charge on any atom is -0.512 e. The standard InChI is InChI=1S/C7H9BO3S/c1-12-7-4-2-3-6(5-7)11-8(9)10/h2-5,9-10H,1H3. The highest BCUT2D eigenvalue weighted by molar-refractivity contribution is 7.98. The lowest BCUT2D eigenvalue weighted by Crippen LogP contribution is -2.20. The number of benzene rings is 1. The summed E-state index contributed by atoms with van der Waals surface area (Å²) < 4.78 is 4.65. The lowest BCUT2D eigenvalue weighted by atomic mass is 10.2. The van der Waals surface area contributed by atoms with E-state index >= 15 is 0 Å². The molecule has 0 atom stereocenters. The first-order chi connectivity index (χ1) is 5.72. The van der Waals surface area contributed by atoms with E-state index in [0.29, 0.717) is 5.75 Å². The Kier molecular flexibility index (Phi) is 3.46. The monoisotopic (exact) mass is 184 g/mol. The van der Waals surface area contributed by atoms with Crippen LogP contribution in [0.15, 0.2) is 29.2 Å². The molecule has 2 N–H and O–H groups in total. The van der Waals surface area contributed by atoms with Gasteiger partial charge in [0.25, 0.3) is 0 Å². The Labute approximate surface area is 75.5 Å². The minimum atomic E-state index is -1.75. The van der Waals surface area contributed by atoms with E-state index in [1.165, 1.54) is 0 Å². The normalized spacial score (nSPS) is 9.58. The summed E-state index contributed by atoms with van der Waals surface area (Å²) in [5, 5.41) is 17.0. The predicted molar refractivity (Wildman–Crippen MR) is 49.0 cm³/mol. The first kappa shape index (κ1) is 9.44. The van der Waals surface area contributed by atoms with Crippen LogP contribution in [-0.4, -0.2) is 23.6 Å². The van der Waals surface area contributed by atoms with Crippen LogP contribution in [-0.2, 0) is 0 Å². The Morgan fingerprint density at radius 3 is 2.75 bits per heavy atom. The Bertz CT molecular complexity index is 254. The van der Waals surface area contributed by atoms with Crippen molar-refractivity contribution in [2.24, 2.45) is 0 Å². The Morgan fingerprint density at radius 1 is 1.42 bits per heavy atom.